The van der Waals surface area contributed by atoms with Crippen LogP contribution in [0.25, 0.3) is 10.1 Å². The number of rotatable bonds is 4. The van der Waals surface area contributed by atoms with Crippen LogP contribution in [-0.4, -0.2) is 13.0 Å². The summed E-state index contributed by atoms with van der Waals surface area (Å²) < 4.78 is 20.1. The number of thiophene rings is 1. The molecule has 0 spiro atoms. The van der Waals surface area contributed by atoms with Crippen molar-refractivity contribution in [3.05, 3.63) is 63.8 Å². The van der Waals surface area contributed by atoms with Crippen LogP contribution in [-0.2, 0) is 11.3 Å². The zero-order valence-electron chi connectivity index (χ0n) is 13.8. The molecule has 24 heavy (non-hydrogen) atoms. The zero-order valence-corrected chi connectivity index (χ0v) is 14.6. The number of carbonyl (C=O) groups excluding carboxylic acids is 1. The second-order valence-corrected chi connectivity index (χ2v) is 6.71. The average Bonchev–Trinajstić information content (AvgIpc) is 2.92. The van der Waals surface area contributed by atoms with Crippen LogP contribution in [0.2, 0.25) is 0 Å². The number of benzene rings is 2. The van der Waals surface area contributed by atoms with Crippen LogP contribution in [0, 0.1) is 19.7 Å². The molecule has 3 rings (SSSR count). The van der Waals surface area contributed by atoms with Crippen molar-refractivity contribution < 1.29 is 13.9 Å². The minimum absolute atomic E-state index is 0.191. The van der Waals surface area contributed by atoms with Gasteiger partial charge in [0.2, 0.25) is 0 Å². The molecule has 0 aliphatic heterocycles. The fraction of sp³-hybridized carbons (Fsp3) is 0.211. The van der Waals surface area contributed by atoms with Crippen LogP contribution in [0.15, 0.2) is 36.4 Å². The van der Waals surface area contributed by atoms with Crippen molar-refractivity contribution in [2.24, 2.45) is 0 Å². The highest BCUT2D eigenvalue weighted by Crippen LogP contribution is 2.34. The minimum atomic E-state index is -0.332. The van der Waals surface area contributed by atoms with Crippen molar-refractivity contribution in [3.63, 3.8) is 0 Å². The van der Waals surface area contributed by atoms with Gasteiger partial charge in [0.15, 0.2) is 0 Å². The van der Waals surface area contributed by atoms with Crippen molar-refractivity contribution in [1.29, 1.82) is 0 Å². The summed E-state index contributed by atoms with van der Waals surface area (Å²) in [7, 11) is 1.54. The lowest BCUT2D eigenvalue weighted by Crippen LogP contribution is -2.13. The molecule has 0 bridgehead atoms. The Morgan fingerprint density at radius 1 is 1.21 bits per heavy atom. The summed E-state index contributed by atoms with van der Waals surface area (Å²) in [5.74, 6) is -0.571. The van der Waals surface area contributed by atoms with E-state index in [1.165, 1.54) is 24.5 Å². The summed E-state index contributed by atoms with van der Waals surface area (Å²) in [5, 5.41) is 3.41. The Morgan fingerprint density at radius 2 is 1.96 bits per heavy atom. The zero-order chi connectivity index (χ0) is 17.3. The lowest BCUT2D eigenvalue weighted by atomic mass is 10.1. The van der Waals surface area contributed by atoms with Crippen molar-refractivity contribution in [1.82, 2.24) is 0 Å². The molecule has 3 aromatic rings. The number of aryl methyl sites for hydroxylation is 1. The highest BCUT2D eigenvalue weighted by atomic mass is 32.1. The van der Waals surface area contributed by atoms with Gasteiger partial charge in [-0.1, -0.05) is 18.2 Å². The number of amides is 1. The summed E-state index contributed by atoms with van der Waals surface area (Å²) in [4.78, 5) is 13.3. The first-order valence-electron chi connectivity index (χ1n) is 7.59. The molecule has 1 amide bonds. The van der Waals surface area contributed by atoms with Crippen LogP contribution in [0.5, 0.6) is 0 Å². The Kier molecular flexibility index (Phi) is 4.64. The summed E-state index contributed by atoms with van der Waals surface area (Å²) in [6, 6.07) is 10.6. The lowest BCUT2D eigenvalue weighted by molar-refractivity contribution is 0.102. The molecule has 0 saturated heterocycles. The van der Waals surface area contributed by atoms with E-state index in [0.717, 1.165) is 21.5 Å². The van der Waals surface area contributed by atoms with Crippen LogP contribution < -0.4 is 5.32 Å². The maximum absolute atomic E-state index is 14.2. The topological polar surface area (TPSA) is 38.3 Å². The van der Waals surface area contributed by atoms with Crippen molar-refractivity contribution >= 4 is 33.0 Å². The summed E-state index contributed by atoms with van der Waals surface area (Å²) >= 11 is 1.28. The smallest absolute Gasteiger partial charge is 0.266 e. The number of methoxy groups -OCH3 is 1. The number of fused-ring (bicyclic) bond motifs is 1. The first kappa shape index (κ1) is 16.6. The number of halogens is 1. The highest BCUT2D eigenvalue weighted by molar-refractivity contribution is 7.21. The molecule has 124 valence electrons. The molecule has 0 fully saturated rings. The number of hydrogen-bond donors (Lipinski definition) is 1. The predicted octanol–water partition coefficient (Wildman–Crippen LogP) is 5.06. The van der Waals surface area contributed by atoms with Gasteiger partial charge >= 0.3 is 0 Å². The van der Waals surface area contributed by atoms with E-state index in [9.17, 15) is 9.18 Å². The molecular formula is C19H18FNO2S. The number of anilines is 1. The maximum Gasteiger partial charge on any atom is 0.266 e. The molecule has 1 N–H and O–H groups in total. The average molecular weight is 343 g/mol. The fourth-order valence-corrected chi connectivity index (χ4v) is 3.82. The van der Waals surface area contributed by atoms with Gasteiger partial charge in [-0.3, -0.25) is 4.79 Å². The third kappa shape index (κ3) is 2.92. The van der Waals surface area contributed by atoms with E-state index in [4.69, 9.17) is 4.74 Å². The van der Waals surface area contributed by atoms with Gasteiger partial charge in [0, 0.05) is 28.4 Å². The first-order chi connectivity index (χ1) is 11.5. The number of hydrogen-bond acceptors (Lipinski definition) is 3. The van der Waals surface area contributed by atoms with Gasteiger partial charge in [0.05, 0.1) is 11.5 Å². The van der Waals surface area contributed by atoms with Gasteiger partial charge in [-0.2, -0.15) is 0 Å². The Bertz CT molecular complexity index is 917. The highest BCUT2D eigenvalue weighted by Gasteiger charge is 2.21. The van der Waals surface area contributed by atoms with E-state index in [0.29, 0.717) is 15.8 Å². The van der Waals surface area contributed by atoms with E-state index in [2.05, 4.69) is 5.32 Å². The Hall–Kier alpha value is -2.24. The fourth-order valence-electron chi connectivity index (χ4n) is 2.70. The van der Waals surface area contributed by atoms with E-state index < -0.39 is 0 Å². The van der Waals surface area contributed by atoms with E-state index in [1.54, 1.807) is 6.07 Å². The van der Waals surface area contributed by atoms with Crippen LogP contribution in [0.3, 0.4) is 0 Å². The summed E-state index contributed by atoms with van der Waals surface area (Å²) in [5.41, 5.74) is 3.48. The molecule has 1 heterocycles. The molecule has 0 atom stereocenters. The molecule has 0 aliphatic rings. The van der Waals surface area contributed by atoms with Crippen LogP contribution >= 0.6 is 11.3 Å². The normalized spacial score (nSPS) is 11.0. The summed E-state index contributed by atoms with van der Waals surface area (Å²) in [6.45, 7) is 4.15. The largest absolute Gasteiger partial charge is 0.380 e. The number of nitrogens with one attached hydrogen (secondary N) is 1. The van der Waals surface area contributed by atoms with Gasteiger partial charge in [-0.15, -0.1) is 11.3 Å². The molecule has 0 unspecified atom stereocenters. The molecule has 1 aromatic heterocycles. The Labute approximate surface area is 144 Å². The van der Waals surface area contributed by atoms with Crippen molar-refractivity contribution in [2.45, 2.75) is 20.5 Å². The van der Waals surface area contributed by atoms with E-state index in [1.807, 2.05) is 38.1 Å². The second kappa shape index (κ2) is 6.71. The molecule has 3 nitrogen and oxygen atoms in total. The first-order valence-corrected chi connectivity index (χ1v) is 8.41. The molecular weight excluding hydrogens is 325 g/mol. The van der Waals surface area contributed by atoms with E-state index in [-0.39, 0.29) is 18.3 Å². The predicted molar refractivity (Wildman–Crippen MR) is 96.4 cm³/mol. The molecule has 2 aromatic carbocycles. The summed E-state index contributed by atoms with van der Waals surface area (Å²) in [6.07, 6.45) is 0. The Balaban J connectivity index is 2.05. The van der Waals surface area contributed by atoms with E-state index >= 15 is 0 Å². The van der Waals surface area contributed by atoms with Crippen LogP contribution in [0.4, 0.5) is 10.1 Å². The Morgan fingerprint density at radius 3 is 2.71 bits per heavy atom. The monoisotopic (exact) mass is 343 g/mol. The van der Waals surface area contributed by atoms with Gasteiger partial charge in [0.25, 0.3) is 5.91 Å². The quantitative estimate of drug-likeness (QED) is 0.719. The van der Waals surface area contributed by atoms with Gasteiger partial charge in [-0.05, 0) is 43.2 Å². The lowest BCUT2D eigenvalue weighted by Gasteiger charge is -2.10. The van der Waals surface area contributed by atoms with Gasteiger partial charge in [0.1, 0.15) is 5.82 Å². The van der Waals surface area contributed by atoms with Crippen molar-refractivity contribution in [2.75, 3.05) is 12.4 Å². The third-order valence-electron chi connectivity index (χ3n) is 4.11. The van der Waals surface area contributed by atoms with Crippen LogP contribution in [0.1, 0.15) is 26.4 Å². The van der Waals surface area contributed by atoms with Gasteiger partial charge in [-0.25, -0.2) is 4.39 Å². The van der Waals surface area contributed by atoms with Gasteiger partial charge < -0.3 is 10.1 Å². The molecule has 0 aliphatic carbocycles. The SMILES string of the molecule is COCc1c(C(=O)Nc2cccc(C)c2C)sc2cccc(F)c12. The minimum Gasteiger partial charge on any atom is -0.380 e. The maximum atomic E-state index is 14.2. The second-order valence-electron chi connectivity index (χ2n) is 5.66. The third-order valence-corrected chi connectivity index (χ3v) is 5.31. The molecule has 5 heteroatoms. The number of ether oxygens (including phenoxy) is 1. The molecule has 0 saturated carbocycles. The molecule has 0 radical (unpaired) electrons. The van der Waals surface area contributed by atoms with Crippen molar-refractivity contribution in [3.8, 4) is 0 Å². The standard InChI is InChI=1S/C19H18FNO2S/c1-11-6-4-8-15(12(11)2)21-19(22)18-13(10-23-3)17-14(20)7-5-9-16(17)24-18/h4-9H,10H2,1-3H3,(H,21,22). The number of carbonyl (C=O) groups is 1.